The molecule has 0 heterocycles. The van der Waals surface area contributed by atoms with Crippen LogP contribution in [0.25, 0.3) is 0 Å². The van der Waals surface area contributed by atoms with Crippen LogP contribution in [0.3, 0.4) is 0 Å². The molecule has 0 aliphatic rings. The van der Waals surface area contributed by atoms with E-state index in [-0.39, 0.29) is 5.97 Å². The Balaban J connectivity index is 3.82. The summed E-state index contributed by atoms with van der Waals surface area (Å²) in [6, 6.07) is 0. The third-order valence-corrected chi connectivity index (χ3v) is 2.24. The van der Waals surface area contributed by atoms with E-state index in [1.807, 2.05) is 0 Å². The van der Waals surface area contributed by atoms with E-state index in [0.29, 0.717) is 12.5 Å². The number of carbonyl (C=O) groups excluding carboxylic acids is 1. The maximum atomic E-state index is 11.2. The van der Waals surface area contributed by atoms with Crippen LogP contribution < -0.4 is 0 Å². The molecular formula is C10H19ClO2. The van der Waals surface area contributed by atoms with Gasteiger partial charge >= 0.3 is 5.97 Å². The van der Waals surface area contributed by atoms with Crippen molar-refractivity contribution in [2.24, 2.45) is 5.92 Å². The SMILES string of the molecule is CCC(CC)COC(=O)C(C)(C)Cl. The number of ether oxygens (including phenoxy) is 1. The standard InChI is InChI=1S/C10H19ClO2/c1-5-8(6-2)7-13-9(12)10(3,4)11/h8H,5-7H2,1-4H3. The lowest BCUT2D eigenvalue weighted by Crippen LogP contribution is -2.28. The average Bonchev–Trinajstić information content (AvgIpc) is 2.04. The summed E-state index contributed by atoms with van der Waals surface area (Å²) in [5.74, 6) is 0.129. The van der Waals surface area contributed by atoms with Gasteiger partial charge in [0.05, 0.1) is 6.61 Å². The van der Waals surface area contributed by atoms with Gasteiger partial charge in [0, 0.05) is 0 Å². The van der Waals surface area contributed by atoms with Crippen LogP contribution in [0, 0.1) is 5.92 Å². The van der Waals surface area contributed by atoms with E-state index in [9.17, 15) is 4.79 Å². The molecule has 0 fully saturated rings. The summed E-state index contributed by atoms with van der Waals surface area (Å²) in [6.07, 6.45) is 2.07. The molecule has 0 rings (SSSR count). The molecule has 0 aromatic heterocycles. The molecule has 0 saturated heterocycles. The Morgan fingerprint density at radius 2 is 1.85 bits per heavy atom. The van der Waals surface area contributed by atoms with Crippen molar-refractivity contribution in [1.82, 2.24) is 0 Å². The number of alkyl halides is 1. The van der Waals surface area contributed by atoms with Crippen LogP contribution in [0.15, 0.2) is 0 Å². The maximum Gasteiger partial charge on any atom is 0.326 e. The number of halogens is 1. The minimum atomic E-state index is -0.897. The number of hydrogen-bond donors (Lipinski definition) is 0. The van der Waals surface area contributed by atoms with Gasteiger partial charge in [-0.25, -0.2) is 0 Å². The van der Waals surface area contributed by atoms with E-state index in [4.69, 9.17) is 16.3 Å². The minimum absolute atomic E-state index is 0.332. The molecule has 78 valence electrons. The molecule has 0 unspecified atom stereocenters. The Morgan fingerprint density at radius 3 is 2.15 bits per heavy atom. The van der Waals surface area contributed by atoms with Crippen LogP contribution in [0.5, 0.6) is 0 Å². The number of esters is 1. The molecule has 3 heteroatoms. The fourth-order valence-electron chi connectivity index (χ4n) is 0.890. The van der Waals surface area contributed by atoms with Crippen molar-refractivity contribution in [2.75, 3.05) is 6.61 Å². The van der Waals surface area contributed by atoms with Crippen LogP contribution in [0.1, 0.15) is 40.5 Å². The zero-order chi connectivity index (χ0) is 10.5. The van der Waals surface area contributed by atoms with E-state index < -0.39 is 4.87 Å². The summed E-state index contributed by atoms with van der Waals surface area (Å²) in [5.41, 5.74) is 0. The van der Waals surface area contributed by atoms with Gasteiger partial charge in [-0.3, -0.25) is 4.79 Å². The number of rotatable bonds is 5. The van der Waals surface area contributed by atoms with Crippen LogP contribution in [-0.4, -0.2) is 17.5 Å². The highest BCUT2D eigenvalue weighted by molar-refractivity contribution is 6.33. The van der Waals surface area contributed by atoms with Gasteiger partial charge in [0.25, 0.3) is 0 Å². The second-order valence-electron chi connectivity index (χ2n) is 3.75. The molecule has 0 N–H and O–H groups in total. The van der Waals surface area contributed by atoms with Crippen molar-refractivity contribution in [3.05, 3.63) is 0 Å². The first kappa shape index (κ1) is 12.8. The Labute approximate surface area is 85.6 Å². The fourth-order valence-corrected chi connectivity index (χ4v) is 0.944. The summed E-state index contributed by atoms with van der Waals surface area (Å²) < 4.78 is 5.08. The molecule has 0 spiro atoms. The van der Waals surface area contributed by atoms with Crippen molar-refractivity contribution < 1.29 is 9.53 Å². The zero-order valence-corrected chi connectivity index (χ0v) is 9.65. The van der Waals surface area contributed by atoms with Crippen LogP contribution in [0.4, 0.5) is 0 Å². The van der Waals surface area contributed by atoms with Crippen molar-refractivity contribution >= 4 is 17.6 Å². The molecule has 0 aliphatic heterocycles. The molecule has 13 heavy (non-hydrogen) atoms. The third kappa shape index (κ3) is 5.14. The first-order valence-electron chi connectivity index (χ1n) is 4.77. The molecule has 0 aromatic rings. The Morgan fingerprint density at radius 1 is 1.38 bits per heavy atom. The van der Waals surface area contributed by atoms with E-state index in [1.165, 1.54) is 0 Å². The molecule has 0 aromatic carbocycles. The summed E-state index contributed by atoms with van der Waals surface area (Å²) in [6.45, 7) is 7.96. The van der Waals surface area contributed by atoms with Crippen molar-refractivity contribution in [3.8, 4) is 0 Å². The highest BCUT2D eigenvalue weighted by atomic mass is 35.5. The summed E-state index contributed by atoms with van der Waals surface area (Å²) in [7, 11) is 0. The lowest BCUT2D eigenvalue weighted by Gasteiger charge is -2.17. The van der Waals surface area contributed by atoms with Gasteiger partial charge in [-0.15, -0.1) is 11.6 Å². The first-order chi connectivity index (χ1) is 5.91. The summed E-state index contributed by atoms with van der Waals surface area (Å²) in [5, 5.41) is 0. The smallest absolute Gasteiger partial charge is 0.326 e. The molecule has 0 bridgehead atoms. The molecule has 0 atom stereocenters. The average molecular weight is 207 g/mol. The fraction of sp³-hybridized carbons (Fsp3) is 0.900. The highest BCUT2D eigenvalue weighted by Gasteiger charge is 2.26. The summed E-state index contributed by atoms with van der Waals surface area (Å²) in [4.78, 5) is 10.3. The monoisotopic (exact) mass is 206 g/mol. The molecular weight excluding hydrogens is 188 g/mol. The van der Waals surface area contributed by atoms with Gasteiger partial charge in [-0.1, -0.05) is 26.7 Å². The molecule has 0 aliphatic carbocycles. The van der Waals surface area contributed by atoms with Gasteiger partial charge in [0.2, 0.25) is 0 Å². The van der Waals surface area contributed by atoms with E-state index in [0.717, 1.165) is 12.8 Å². The quantitative estimate of drug-likeness (QED) is 0.511. The molecule has 2 nitrogen and oxygen atoms in total. The number of carbonyl (C=O) groups is 1. The van der Waals surface area contributed by atoms with Crippen LogP contribution in [0.2, 0.25) is 0 Å². The largest absolute Gasteiger partial charge is 0.464 e. The second-order valence-corrected chi connectivity index (χ2v) is 4.70. The Bertz CT molecular complexity index is 157. The minimum Gasteiger partial charge on any atom is -0.464 e. The van der Waals surface area contributed by atoms with Gasteiger partial charge in [0.1, 0.15) is 4.87 Å². The van der Waals surface area contributed by atoms with Gasteiger partial charge in [-0.2, -0.15) is 0 Å². The maximum absolute atomic E-state index is 11.2. The van der Waals surface area contributed by atoms with Crippen molar-refractivity contribution in [3.63, 3.8) is 0 Å². The van der Waals surface area contributed by atoms with Crippen molar-refractivity contribution in [1.29, 1.82) is 0 Å². The predicted octanol–water partition coefficient (Wildman–Crippen LogP) is 2.98. The third-order valence-electron chi connectivity index (χ3n) is 2.09. The number of hydrogen-bond acceptors (Lipinski definition) is 2. The first-order valence-corrected chi connectivity index (χ1v) is 5.15. The lowest BCUT2D eigenvalue weighted by atomic mass is 10.1. The van der Waals surface area contributed by atoms with Crippen LogP contribution >= 0.6 is 11.6 Å². The highest BCUT2D eigenvalue weighted by Crippen LogP contribution is 2.16. The predicted molar refractivity (Wildman–Crippen MR) is 55.0 cm³/mol. The van der Waals surface area contributed by atoms with E-state index in [1.54, 1.807) is 13.8 Å². The van der Waals surface area contributed by atoms with Gasteiger partial charge < -0.3 is 4.74 Å². The summed E-state index contributed by atoms with van der Waals surface area (Å²) >= 11 is 5.78. The van der Waals surface area contributed by atoms with E-state index >= 15 is 0 Å². The van der Waals surface area contributed by atoms with Gasteiger partial charge in [-0.05, 0) is 19.8 Å². The zero-order valence-electron chi connectivity index (χ0n) is 8.89. The van der Waals surface area contributed by atoms with E-state index in [2.05, 4.69) is 13.8 Å². The molecule has 0 radical (unpaired) electrons. The van der Waals surface area contributed by atoms with Crippen molar-refractivity contribution in [2.45, 2.75) is 45.4 Å². The molecule has 0 saturated carbocycles. The lowest BCUT2D eigenvalue weighted by molar-refractivity contribution is -0.147. The Hall–Kier alpha value is -0.240. The second kappa shape index (κ2) is 5.48. The Kier molecular flexibility index (Phi) is 5.38. The normalized spacial score (nSPS) is 11.8. The van der Waals surface area contributed by atoms with Gasteiger partial charge in [0.15, 0.2) is 0 Å². The van der Waals surface area contributed by atoms with Crippen LogP contribution in [-0.2, 0) is 9.53 Å². The molecule has 0 amide bonds. The topological polar surface area (TPSA) is 26.3 Å².